The topological polar surface area (TPSA) is 56.2 Å². The fraction of sp³-hybridized carbons (Fsp3) is 0.474. The number of aromatic nitrogens is 2. The molecule has 2 aromatic rings. The van der Waals surface area contributed by atoms with E-state index in [4.69, 9.17) is 4.74 Å². The van der Waals surface area contributed by atoms with Gasteiger partial charge in [-0.1, -0.05) is 17.8 Å². The van der Waals surface area contributed by atoms with Crippen LogP contribution in [0.3, 0.4) is 0 Å². The molecule has 3 rings (SSSR count). The van der Waals surface area contributed by atoms with Crippen LogP contribution in [-0.2, 0) is 9.53 Å². The third-order valence-electron chi connectivity index (χ3n) is 4.27. The maximum absolute atomic E-state index is 12.4. The van der Waals surface area contributed by atoms with Crippen LogP contribution in [0, 0.1) is 13.8 Å². The molecule has 25 heavy (non-hydrogen) atoms. The number of rotatable bonds is 6. The molecule has 2 atom stereocenters. The maximum Gasteiger partial charge on any atom is 0.233 e. The van der Waals surface area contributed by atoms with Crippen LogP contribution in [0.2, 0.25) is 0 Å². The Morgan fingerprint density at radius 3 is 2.84 bits per heavy atom. The van der Waals surface area contributed by atoms with Gasteiger partial charge in [-0.25, -0.2) is 4.98 Å². The number of aryl methyl sites for hydroxylation is 2. The summed E-state index contributed by atoms with van der Waals surface area (Å²) < 4.78 is 7.59. The first kappa shape index (κ1) is 18.0. The van der Waals surface area contributed by atoms with Crippen LogP contribution in [0.25, 0.3) is 5.69 Å². The van der Waals surface area contributed by atoms with Gasteiger partial charge in [0.05, 0.1) is 11.4 Å². The maximum atomic E-state index is 12.4. The van der Waals surface area contributed by atoms with Crippen LogP contribution >= 0.6 is 11.8 Å². The Morgan fingerprint density at radius 2 is 2.16 bits per heavy atom. The molecule has 0 radical (unpaired) electrons. The molecule has 1 N–H and O–H groups in total. The number of nitrogens with one attached hydrogen (secondary N) is 1. The Balaban J connectivity index is 1.64. The number of carbonyl (C=O) groups excluding carboxylic acids is 1. The molecule has 1 saturated heterocycles. The van der Waals surface area contributed by atoms with Gasteiger partial charge in [0.25, 0.3) is 0 Å². The predicted molar refractivity (Wildman–Crippen MR) is 100 cm³/mol. The molecule has 1 aliphatic heterocycles. The van der Waals surface area contributed by atoms with Gasteiger partial charge in [-0.15, -0.1) is 0 Å². The number of hydrogen-bond donors (Lipinski definition) is 1. The van der Waals surface area contributed by atoms with Gasteiger partial charge in [-0.2, -0.15) is 0 Å². The molecule has 0 unspecified atom stereocenters. The lowest BCUT2D eigenvalue weighted by Crippen LogP contribution is -2.36. The minimum absolute atomic E-state index is 0.0236. The number of imidazole rings is 1. The number of carbonyl (C=O) groups is 1. The van der Waals surface area contributed by atoms with Gasteiger partial charge in [0, 0.05) is 31.2 Å². The number of thioether (sulfide) groups is 1. The van der Waals surface area contributed by atoms with Gasteiger partial charge in [-0.05, 0) is 56.9 Å². The molecule has 6 heteroatoms. The summed E-state index contributed by atoms with van der Waals surface area (Å²) >= 11 is 1.47. The van der Waals surface area contributed by atoms with Crippen molar-refractivity contribution < 1.29 is 9.53 Å². The first-order chi connectivity index (χ1) is 12.0. The first-order valence-corrected chi connectivity index (χ1v) is 9.59. The van der Waals surface area contributed by atoms with E-state index in [1.165, 1.54) is 22.9 Å². The van der Waals surface area contributed by atoms with E-state index in [0.29, 0.717) is 6.54 Å². The number of hydrogen-bond acceptors (Lipinski definition) is 4. The minimum Gasteiger partial charge on any atom is -0.376 e. The van der Waals surface area contributed by atoms with Gasteiger partial charge < -0.3 is 10.1 Å². The molecular formula is C19H25N3O2S. The summed E-state index contributed by atoms with van der Waals surface area (Å²) in [6, 6.07) is 6.40. The van der Waals surface area contributed by atoms with Crippen LogP contribution in [0.15, 0.2) is 35.7 Å². The summed E-state index contributed by atoms with van der Waals surface area (Å²) in [6.45, 7) is 7.48. The average Bonchev–Trinajstić information content (AvgIpc) is 3.23. The largest absolute Gasteiger partial charge is 0.376 e. The Kier molecular flexibility index (Phi) is 5.81. The zero-order valence-electron chi connectivity index (χ0n) is 15.0. The van der Waals surface area contributed by atoms with E-state index in [-0.39, 0.29) is 17.3 Å². The SMILES string of the molecule is Cc1cc(C)cc(-n2ccnc2S[C@@H](C)C(=O)NC[C@H]2CCCO2)c1. The van der Waals surface area contributed by atoms with Crippen molar-refractivity contribution in [1.82, 2.24) is 14.9 Å². The van der Waals surface area contributed by atoms with Crippen molar-refractivity contribution in [3.8, 4) is 5.69 Å². The Bertz CT molecular complexity index is 718. The van der Waals surface area contributed by atoms with Crippen molar-refractivity contribution in [3.05, 3.63) is 41.7 Å². The van der Waals surface area contributed by atoms with E-state index in [9.17, 15) is 4.79 Å². The van der Waals surface area contributed by atoms with Crippen LogP contribution in [0.5, 0.6) is 0 Å². The van der Waals surface area contributed by atoms with E-state index in [1.54, 1.807) is 6.20 Å². The van der Waals surface area contributed by atoms with Crippen molar-refractivity contribution >= 4 is 17.7 Å². The molecule has 5 nitrogen and oxygen atoms in total. The zero-order valence-corrected chi connectivity index (χ0v) is 15.8. The molecule has 0 bridgehead atoms. The molecule has 0 saturated carbocycles. The number of ether oxygens (including phenoxy) is 1. The van der Waals surface area contributed by atoms with E-state index >= 15 is 0 Å². The van der Waals surface area contributed by atoms with Crippen molar-refractivity contribution in [2.75, 3.05) is 13.2 Å². The molecule has 1 amide bonds. The summed E-state index contributed by atoms with van der Waals surface area (Å²) in [5, 5.41) is 3.60. The smallest absolute Gasteiger partial charge is 0.233 e. The second-order valence-corrected chi connectivity index (χ2v) is 7.87. The molecule has 134 valence electrons. The van der Waals surface area contributed by atoms with Gasteiger partial charge in [0.15, 0.2) is 5.16 Å². The van der Waals surface area contributed by atoms with Gasteiger partial charge >= 0.3 is 0 Å². The minimum atomic E-state index is -0.214. The fourth-order valence-corrected chi connectivity index (χ4v) is 3.95. The Labute approximate surface area is 153 Å². The van der Waals surface area contributed by atoms with Crippen LogP contribution in [-0.4, -0.2) is 40.0 Å². The van der Waals surface area contributed by atoms with Crippen molar-refractivity contribution in [1.29, 1.82) is 0 Å². The quantitative estimate of drug-likeness (QED) is 0.805. The normalized spacial score (nSPS) is 18.3. The Hall–Kier alpha value is -1.79. The van der Waals surface area contributed by atoms with E-state index in [0.717, 1.165) is 30.3 Å². The lowest BCUT2D eigenvalue weighted by molar-refractivity contribution is -0.120. The monoisotopic (exact) mass is 359 g/mol. The summed E-state index contributed by atoms with van der Waals surface area (Å²) in [4.78, 5) is 16.8. The fourth-order valence-electron chi connectivity index (χ4n) is 3.04. The molecular weight excluding hydrogens is 334 g/mol. The standard InChI is InChI=1S/C19H25N3O2S/c1-13-9-14(2)11-16(10-13)22-7-6-20-19(22)25-15(3)18(23)21-12-17-5-4-8-24-17/h6-7,9-11,15,17H,4-5,8,12H2,1-3H3,(H,21,23)/t15-,17+/m0/s1. The van der Waals surface area contributed by atoms with E-state index in [2.05, 4.69) is 42.3 Å². The summed E-state index contributed by atoms with van der Waals surface area (Å²) in [5.41, 5.74) is 3.49. The van der Waals surface area contributed by atoms with Crippen LogP contribution in [0.4, 0.5) is 0 Å². The van der Waals surface area contributed by atoms with Crippen LogP contribution < -0.4 is 5.32 Å². The van der Waals surface area contributed by atoms with E-state index in [1.807, 2.05) is 17.7 Å². The highest BCUT2D eigenvalue weighted by atomic mass is 32.2. The second kappa shape index (κ2) is 8.06. The van der Waals surface area contributed by atoms with Crippen LogP contribution in [0.1, 0.15) is 30.9 Å². The number of benzene rings is 1. The molecule has 0 aliphatic carbocycles. The summed E-state index contributed by atoms with van der Waals surface area (Å²) in [5.74, 6) is 0.0236. The summed E-state index contributed by atoms with van der Waals surface area (Å²) in [6.07, 6.45) is 5.99. The molecule has 1 fully saturated rings. The highest BCUT2D eigenvalue weighted by Gasteiger charge is 2.21. The Morgan fingerprint density at radius 1 is 1.40 bits per heavy atom. The number of amides is 1. The number of nitrogens with zero attached hydrogens (tertiary/aromatic N) is 2. The second-order valence-electron chi connectivity index (χ2n) is 6.57. The first-order valence-electron chi connectivity index (χ1n) is 8.71. The molecule has 1 aliphatic rings. The lowest BCUT2D eigenvalue weighted by atomic mass is 10.1. The van der Waals surface area contributed by atoms with Crippen molar-refractivity contribution in [3.63, 3.8) is 0 Å². The highest BCUT2D eigenvalue weighted by Crippen LogP contribution is 2.25. The predicted octanol–water partition coefficient (Wildman–Crippen LogP) is 3.26. The van der Waals surface area contributed by atoms with Crippen molar-refractivity contribution in [2.45, 2.75) is 50.1 Å². The molecule has 1 aromatic carbocycles. The third kappa shape index (κ3) is 4.64. The van der Waals surface area contributed by atoms with E-state index < -0.39 is 0 Å². The third-order valence-corrected chi connectivity index (χ3v) is 5.35. The summed E-state index contributed by atoms with van der Waals surface area (Å²) in [7, 11) is 0. The van der Waals surface area contributed by atoms with Gasteiger partial charge in [0.1, 0.15) is 0 Å². The highest BCUT2D eigenvalue weighted by molar-refractivity contribution is 8.00. The molecule has 1 aromatic heterocycles. The average molecular weight is 359 g/mol. The lowest BCUT2D eigenvalue weighted by Gasteiger charge is -2.15. The van der Waals surface area contributed by atoms with Gasteiger partial charge in [0.2, 0.25) is 5.91 Å². The molecule has 0 spiro atoms. The molecule has 2 heterocycles. The van der Waals surface area contributed by atoms with Gasteiger partial charge in [-0.3, -0.25) is 9.36 Å². The van der Waals surface area contributed by atoms with Crippen molar-refractivity contribution in [2.24, 2.45) is 0 Å². The zero-order chi connectivity index (χ0) is 17.8.